The van der Waals surface area contributed by atoms with Crippen molar-refractivity contribution in [1.82, 2.24) is 4.57 Å². The number of thiazole rings is 1. The highest BCUT2D eigenvalue weighted by Crippen LogP contribution is 2.37. The number of hydrogen-bond acceptors (Lipinski definition) is 4. The van der Waals surface area contributed by atoms with Crippen molar-refractivity contribution < 1.29 is 4.92 Å². The van der Waals surface area contributed by atoms with Crippen LogP contribution in [0.3, 0.4) is 0 Å². The second kappa shape index (κ2) is 8.01. The molecule has 0 atom stereocenters. The van der Waals surface area contributed by atoms with E-state index in [-0.39, 0.29) is 27.6 Å². The van der Waals surface area contributed by atoms with E-state index in [4.69, 9.17) is 4.99 Å². The first kappa shape index (κ1) is 20.3. The van der Waals surface area contributed by atoms with E-state index in [9.17, 15) is 10.1 Å². The fourth-order valence-electron chi connectivity index (χ4n) is 3.85. The van der Waals surface area contributed by atoms with Gasteiger partial charge in [0.1, 0.15) is 0 Å². The largest absolute Gasteiger partial charge is 0.285 e. The van der Waals surface area contributed by atoms with Crippen molar-refractivity contribution in [2.75, 3.05) is 6.54 Å². The number of fused-ring (bicyclic) bond motifs is 6. The van der Waals surface area contributed by atoms with Gasteiger partial charge in [-0.2, -0.15) is 0 Å². The van der Waals surface area contributed by atoms with Crippen molar-refractivity contribution in [3.8, 4) is 5.69 Å². The maximum atomic E-state index is 11.1. The summed E-state index contributed by atoms with van der Waals surface area (Å²) in [6.07, 6.45) is 0. The first-order valence-corrected chi connectivity index (χ1v) is 10.2. The highest BCUT2D eigenvalue weighted by atomic mass is 79.9. The molecular weight excluding hydrogens is 462 g/mol. The van der Waals surface area contributed by atoms with Crippen LogP contribution in [0.1, 0.15) is 6.92 Å². The third kappa shape index (κ3) is 3.11. The van der Waals surface area contributed by atoms with Crippen LogP contribution in [0.4, 0.5) is 5.69 Å². The summed E-state index contributed by atoms with van der Waals surface area (Å²) in [6, 6.07) is 23.5. The van der Waals surface area contributed by atoms with E-state index >= 15 is 0 Å². The van der Waals surface area contributed by atoms with Gasteiger partial charge >= 0.3 is 0 Å². The van der Waals surface area contributed by atoms with Crippen molar-refractivity contribution in [1.29, 1.82) is 0 Å². The summed E-state index contributed by atoms with van der Waals surface area (Å²) >= 11 is 1.66. The van der Waals surface area contributed by atoms with E-state index in [1.807, 2.05) is 13.0 Å². The maximum absolute atomic E-state index is 11.1. The molecule has 1 aromatic heterocycles. The lowest BCUT2D eigenvalue weighted by Gasteiger charge is -2.10. The molecule has 0 N–H and O–H groups in total. The van der Waals surface area contributed by atoms with Crippen molar-refractivity contribution >= 4 is 65.8 Å². The van der Waals surface area contributed by atoms with Crippen LogP contribution in [0, 0.1) is 10.1 Å². The number of halogens is 1. The third-order valence-electron chi connectivity index (χ3n) is 5.08. The van der Waals surface area contributed by atoms with E-state index < -0.39 is 0 Å². The molecule has 0 spiro atoms. The molecule has 0 bridgehead atoms. The smallest absolute Gasteiger partial charge is 0.269 e. The summed E-state index contributed by atoms with van der Waals surface area (Å²) in [5, 5.41) is 15.8. The van der Waals surface area contributed by atoms with E-state index in [0.717, 1.165) is 21.4 Å². The lowest BCUT2D eigenvalue weighted by atomic mass is 10.0. The fraction of sp³-hybridized carbons (Fsp3) is 0.0870. The molecular formula is C23H18BrN3O2S. The minimum absolute atomic E-state index is 0. The van der Waals surface area contributed by atoms with Crippen molar-refractivity contribution in [2.24, 2.45) is 4.99 Å². The monoisotopic (exact) mass is 479 g/mol. The van der Waals surface area contributed by atoms with E-state index in [2.05, 4.69) is 47.0 Å². The first-order chi connectivity index (χ1) is 14.2. The Morgan fingerprint density at radius 1 is 0.900 bits per heavy atom. The van der Waals surface area contributed by atoms with Crippen molar-refractivity contribution in [2.45, 2.75) is 6.92 Å². The van der Waals surface area contributed by atoms with Crippen LogP contribution >= 0.6 is 28.3 Å². The number of aromatic nitrogens is 1. The lowest BCUT2D eigenvalue weighted by Crippen LogP contribution is -2.13. The third-order valence-corrected chi connectivity index (χ3v) is 6.19. The zero-order valence-corrected chi connectivity index (χ0v) is 18.6. The van der Waals surface area contributed by atoms with Gasteiger partial charge in [0.25, 0.3) is 5.69 Å². The molecule has 0 aliphatic rings. The maximum Gasteiger partial charge on any atom is 0.269 e. The van der Waals surface area contributed by atoms with Gasteiger partial charge in [0.15, 0.2) is 4.80 Å². The lowest BCUT2D eigenvalue weighted by molar-refractivity contribution is -0.384. The van der Waals surface area contributed by atoms with Gasteiger partial charge in [0.2, 0.25) is 0 Å². The zero-order valence-electron chi connectivity index (χ0n) is 16.1. The predicted octanol–water partition coefficient (Wildman–Crippen LogP) is 6.41. The molecule has 1 heterocycles. The second-order valence-electron chi connectivity index (χ2n) is 6.74. The summed E-state index contributed by atoms with van der Waals surface area (Å²) in [7, 11) is 0. The molecule has 0 saturated carbocycles. The van der Waals surface area contributed by atoms with E-state index in [1.165, 1.54) is 20.9 Å². The zero-order chi connectivity index (χ0) is 20.0. The van der Waals surface area contributed by atoms with E-state index in [0.29, 0.717) is 6.54 Å². The van der Waals surface area contributed by atoms with Gasteiger partial charge in [-0.25, -0.2) is 0 Å². The van der Waals surface area contributed by atoms with Gasteiger partial charge in [-0.1, -0.05) is 59.9 Å². The summed E-state index contributed by atoms with van der Waals surface area (Å²) in [6.45, 7) is 2.68. The molecule has 30 heavy (non-hydrogen) atoms. The van der Waals surface area contributed by atoms with Crippen LogP contribution in [-0.4, -0.2) is 16.0 Å². The summed E-state index contributed by atoms with van der Waals surface area (Å²) in [5.41, 5.74) is 2.04. The second-order valence-corrected chi connectivity index (χ2v) is 7.71. The van der Waals surface area contributed by atoms with Crippen LogP contribution in [0.25, 0.3) is 37.4 Å². The Bertz CT molecular complexity index is 1470. The Morgan fingerprint density at radius 2 is 1.47 bits per heavy atom. The van der Waals surface area contributed by atoms with Crippen molar-refractivity contribution in [3.63, 3.8) is 0 Å². The summed E-state index contributed by atoms with van der Waals surface area (Å²) < 4.78 is 3.30. The van der Waals surface area contributed by atoms with Crippen LogP contribution in [0.2, 0.25) is 0 Å². The summed E-state index contributed by atoms with van der Waals surface area (Å²) in [4.78, 5) is 16.3. The van der Waals surface area contributed by atoms with Crippen LogP contribution in [0.5, 0.6) is 0 Å². The number of hydrogen-bond donors (Lipinski definition) is 0. The Labute approximate surface area is 186 Å². The number of nitrogens with zero attached hydrogens (tertiary/aromatic N) is 3. The molecule has 0 saturated heterocycles. The number of rotatable bonds is 3. The highest BCUT2D eigenvalue weighted by molar-refractivity contribution is 8.93. The predicted molar refractivity (Wildman–Crippen MR) is 129 cm³/mol. The average Bonchev–Trinajstić information content (AvgIpc) is 3.14. The average molecular weight is 480 g/mol. The Balaban J connectivity index is 0.00000218. The molecule has 5 aromatic rings. The first-order valence-electron chi connectivity index (χ1n) is 9.39. The molecule has 7 heteroatoms. The number of nitro groups is 1. The molecule has 5 nitrogen and oxygen atoms in total. The normalized spacial score (nSPS) is 11.8. The van der Waals surface area contributed by atoms with Crippen molar-refractivity contribution in [3.05, 3.63) is 87.7 Å². The molecule has 0 aliphatic heterocycles. The molecule has 0 unspecified atom stereocenters. The number of benzene rings is 4. The molecule has 0 amide bonds. The molecule has 0 aliphatic carbocycles. The number of nitro benzene ring substituents is 1. The van der Waals surface area contributed by atoms with Gasteiger partial charge in [0.05, 0.1) is 15.1 Å². The van der Waals surface area contributed by atoms with Gasteiger partial charge < -0.3 is 0 Å². The Hall–Kier alpha value is -3.03. The fourth-order valence-corrected chi connectivity index (χ4v) is 5.10. The minimum Gasteiger partial charge on any atom is -0.285 e. The van der Waals surface area contributed by atoms with Gasteiger partial charge in [-0.3, -0.25) is 19.7 Å². The minimum atomic E-state index is -0.375. The molecule has 150 valence electrons. The number of non-ortho nitro benzene ring substituents is 1. The molecule has 4 aromatic carbocycles. The quantitative estimate of drug-likeness (QED) is 0.170. The van der Waals surface area contributed by atoms with Gasteiger partial charge in [-0.05, 0) is 29.8 Å². The van der Waals surface area contributed by atoms with Gasteiger partial charge in [0, 0.05) is 35.1 Å². The molecule has 0 radical (unpaired) electrons. The Morgan fingerprint density at radius 3 is 2.07 bits per heavy atom. The molecule has 5 rings (SSSR count). The summed E-state index contributed by atoms with van der Waals surface area (Å²) in [5.74, 6) is 0. The van der Waals surface area contributed by atoms with Crippen LogP contribution in [0.15, 0.2) is 77.8 Å². The topological polar surface area (TPSA) is 60.4 Å². The van der Waals surface area contributed by atoms with Crippen LogP contribution < -0.4 is 4.80 Å². The SMILES string of the molecule is Br.CCN=c1sc2c3ccccc3c3ccccc3c2n1-c1ccc([N+](=O)[O-])cc1. The standard InChI is InChI=1S/C23H17N3O2S.BrH/c1-2-24-23-25(15-11-13-16(14-12-15)26(27)28)21-19-9-5-3-7-17(19)18-8-4-6-10-20(18)22(21)29-23;/h3-14H,2H2,1H3;1H. The molecule has 0 fully saturated rings. The van der Waals surface area contributed by atoms with E-state index in [1.54, 1.807) is 35.6 Å². The van der Waals surface area contributed by atoms with Gasteiger partial charge in [-0.15, -0.1) is 17.0 Å². The van der Waals surface area contributed by atoms with Crippen LogP contribution in [-0.2, 0) is 0 Å². The Kier molecular flexibility index (Phi) is 5.40. The highest BCUT2D eigenvalue weighted by Gasteiger charge is 2.16.